The van der Waals surface area contributed by atoms with E-state index in [1.807, 2.05) is 17.0 Å². The van der Waals surface area contributed by atoms with Crippen molar-refractivity contribution < 1.29 is 18.4 Å². The Kier molecular flexibility index (Phi) is 9.48. The summed E-state index contributed by atoms with van der Waals surface area (Å²) in [6.07, 6.45) is 3.80. The van der Waals surface area contributed by atoms with E-state index in [9.17, 15) is 18.4 Å². The van der Waals surface area contributed by atoms with E-state index in [0.717, 1.165) is 24.5 Å². The molecule has 1 heterocycles. The second-order valence-electron chi connectivity index (χ2n) is 12.1. The Hall–Kier alpha value is -4.02. The zero-order valence-electron chi connectivity index (χ0n) is 24.5. The van der Waals surface area contributed by atoms with Gasteiger partial charge in [-0.15, -0.1) is 5.10 Å². The Morgan fingerprint density at radius 3 is 2.31 bits per heavy atom. The molecule has 224 valence electrons. The number of aliphatic imine (C=N–C) groups is 1. The fourth-order valence-electron chi connectivity index (χ4n) is 6.43. The lowest BCUT2D eigenvalue weighted by atomic mass is 9.75. The van der Waals surface area contributed by atoms with Gasteiger partial charge < -0.3 is 16.0 Å². The molecule has 11 heteroatoms. The first kappa shape index (κ1) is 30.9. The van der Waals surface area contributed by atoms with Gasteiger partial charge >= 0.3 is 0 Å². The van der Waals surface area contributed by atoms with Crippen molar-refractivity contribution >= 4 is 23.4 Å². The molecule has 3 atom stereocenters. The molecular weight excluding hydrogens is 540 g/mol. The van der Waals surface area contributed by atoms with E-state index in [0.29, 0.717) is 42.6 Å². The van der Waals surface area contributed by atoms with Crippen LogP contribution in [0.15, 0.2) is 57.8 Å². The Labute approximate surface area is 245 Å². The average molecular weight is 580 g/mol. The second kappa shape index (κ2) is 12.9. The van der Waals surface area contributed by atoms with Gasteiger partial charge in [0.15, 0.2) is 0 Å². The predicted molar refractivity (Wildman–Crippen MR) is 157 cm³/mol. The standard InChI is InChI=1S/C31H39F2N7O2/c1-18(2)5-10-26(21-6-8-22(9-7-21)29(41)36-17-27(34)38-39-35)40-30(42)28(23-12-24(32)14-25(33)13-23)37-31(40)15-19(3)11-20(4)16-31/h6-9,12-14,18-20,26H,5,10-11,15-17H2,1-4H3,(H,36,41)(H3,34,35,38). The van der Waals surface area contributed by atoms with Gasteiger partial charge in [-0.3, -0.25) is 14.6 Å². The molecule has 4 N–H and O–H groups in total. The summed E-state index contributed by atoms with van der Waals surface area (Å²) in [5, 5.41) is 8.88. The molecule has 0 bridgehead atoms. The number of benzene rings is 2. The van der Waals surface area contributed by atoms with Crippen LogP contribution in [0.2, 0.25) is 0 Å². The molecule has 2 aromatic rings. The number of nitrogens with one attached hydrogen (secondary N) is 2. The molecule has 9 nitrogen and oxygen atoms in total. The number of amidine groups is 1. The quantitative estimate of drug-likeness (QED) is 0.139. The van der Waals surface area contributed by atoms with Crippen LogP contribution in [0.4, 0.5) is 8.78 Å². The molecule has 4 rings (SSSR count). The highest BCUT2D eigenvalue weighted by Gasteiger charge is 2.53. The summed E-state index contributed by atoms with van der Waals surface area (Å²) in [7, 11) is 0. The molecular formula is C31H39F2N7O2. The van der Waals surface area contributed by atoms with Crippen molar-refractivity contribution in [1.29, 1.82) is 5.53 Å². The first-order valence-corrected chi connectivity index (χ1v) is 14.4. The molecule has 1 fully saturated rings. The van der Waals surface area contributed by atoms with Crippen LogP contribution in [-0.2, 0) is 4.79 Å². The molecule has 1 spiro atoms. The van der Waals surface area contributed by atoms with Gasteiger partial charge in [0.05, 0.1) is 12.6 Å². The average Bonchev–Trinajstić information content (AvgIpc) is 3.17. The molecule has 42 heavy (non-hydrogen) atoms. The van der Waals surface area contributed by atoms with Crippen molar-refractivity contribution in [3.63, 3.8) is 0 Å². The SMILES string of the molecule is CC(C)CCC(c1ccc(C(=O)NCC(N)=NN=N)cc1)N1C(=O)C(c2cc(F)cc(F)c2)=NC12CC(C)CC(C)C2. The molecule has 2 aliphatic rings. The van der Waals surface area contributed by atoms with Crippen LogP contribution in [0.3, 0.4) is 0 Å². The lowest BCUT2D eigenvalue weighted by Gasteiger charge is -2.47. The van der Waals surface area contributed by atoms with E-state index in [1.54, 1.807) is 12.1 Å². The van der Waals surface area contributed by atoms with E-state index in [4.69, 9.17) is 16.3 Å². The van der Waals surface area contributed by atoms with Crippen LogP contribution in [0, 0.1) is 34.9 Å². The summed E-state index contributed by atoms with van der Waals surface area (Å²) < 4.78 is 28.5. The number of hydrogen-bond acceptors (Lipinski definition) is 5. The van der Waals surface area contributed by atoms with Crippen LogP contribution >= 0.6 is 0 Å². The zero-order valence-corrected chi connectivity index (χ0v) is 24.5. The summed E-state index contributed by atoms with van der Waals surface area (Å²) in [5.74, 6) is -1.25. The molecule has 0 saturated heterocycles. The number of nitrogens with zero attached hydrogens (tertiary/aromatic N) is 4. The van der Waals surface area contributed by atoms with Gasteiger partial charge in [0.1, 0.15) is 28.8 Å². The van der Waals surface area contributed by atoms with Crippen LogP contribution in [0.5, 0.6) is 0 Å². The highest BCUT2D eigenvalue weighted by atomic mass is 19.1. The van der Waals surface area contributed by atoms with Crippen LogP contribution in [0.25, 0.3) is 0 Å². The lowest BCUT2D eigenvalue weighted by molar-refractivity contribution is -0.134. The zero-order chi connectivity index (χ0) is 30.6. The molecule has 0 aromatic heterocycles. The number of carbonyl (C=O) groups is 2. The highest BCUT2D eigenvalue weighted by molar-refractivity contribution is 6.46. The second-order valence-corrected chi connectivity index (χ2v) is 12.1. The summed E-state index contributed by atoms with van der Waals surface area (Å²) in [6.45, 7) is 8.50. The fraction of sp³-hybridized carbons (Fsp3) is 0.484. The molecule has 1 saturated carbocycles. The minimum atomic E-state index is -0.844. The van der Waals surface area contributed by atoms with Gasteiger partial charge in [0.2, 0.25) is 0 Å². The molecule has 0 radical (unpaired) electrons. The lowest BCUT2D eigenvalue weighted by Crippen LogP contribution is -2.52. The predicted octanol–water partition coefficient (Wildman–Crippen LogP) is 5.96. The van der Waals surface area contributed by atoms with Crippen molar-refractivity contribution in [1.82, 2.24) is 10.2 Å². The van der Waals surface area contributed by atoms with Crippen molar-refractivity contribution in [2.45, 2.75) is 71.5 Å². The topological polar surface area (TPSA) is 136 Å². The number of rotatable bonds is 10. The van der Waals surface area contributed by atoms with E-state index in [-0.39, 0.29) is 41.5 Å². The van der Waals surface area contributed by atoms with E-state index in [2.05, 4.69) is 43.3 Å². The molecule has 2 amide bonds. The minimum Gasteiger partial charge on any atom is -0.384 e. The molecule has 3 unspecified atom stereocenters. The van der Waals surface area contributed by atoms with Crippen molar-refractivity contribution in [3.8, 4) is 0 Å². The Bertz CT molecular complexity index is 1360. The fourth-order valence-corrected chi connectivity index (χ4v) is 6.43. The van der Waals surface area contributed by atoms with Gasteiger partial charge in [-0.25, -0.2) is 8.78 Å². The van der Waals surface area contributed by atoms with E-state index < -0.39 is 17.3 Å². The smallest absolute Gasteiger partial charge is 0.275 e. The van der Waals surface area contributed by atoms with Gasteiger partial charge in [0, 0.05) is 17.2 Å². The van der Waals surface area contributed by atoms with Crippen molar-refractivity contribution in [2.24, 2.45) is 38.8 Å². The van der Waals surface area contributed by atoms with Crippen LogP contribution in [0.1, 0.15) is 87.3 Å². The van der Waals surface area contributed by atoms with Gasteiger partial charge in [-0.1, -0.05) is 45.1 Å². The molecule has 2 aromatic carbocycles. The first-order valence-electron chi connectivity index (χ1n) is 14.4. The van der Waals surface area contributed by atoms with Crippen LogP contribution < -0.4 is 11.1 Å². The summed E-state index contributed by atoms with van der Waals surface area (Å²) in [5.41, 5.74) is 13.0. The Balaban J connectivity index is 1.73. The first-order chi connectivity index (χ1) is 19.9. The van der Waals surface area contributed by atoms with Gasteiger partial charge in [-0.2, -0.15) is 5.53 Å². The van der Waals surface area contributed by atoms with E-state index in [1.165, 1.54) is 12.1 Å². The summed E-state index contributed by atoms with van der Waals surface area (Å²) >= 11 is 0. The van der Waals surface area contributed by atoms with Gasteiger partial charge in [0.25, 0.3) is 11.8 Å². The summed E-state index contributed by atoms with van der Waals surface area (Å²) in [6, 6.07) is 9.82. The number of carbonyl (C=O) groups excluding carboxylic acids is 2. The maximum atomic E-state index is 14.3. The number of hydrogen-bond donors (Lipinski definition) is 3. The normalized spacial score (nSPS) is 23.3. The van der Waals surface area contributed by atoms with Crippen molar-refractivity contribution in [2.75, 3.05) is 6.54 Å². The van der Waals surface area contributed by atoms with Crippen molar-refractivity contribution in [3.05, 3.63) is 70.8 Å². The maximum Gasteiger partial charge on any atom is 0.275 e. The minimum absolute atomic E-state index is 0.00600. The largest absolute Gasteiger partial charge is 0.384 e. The monoisotopic (exact) mass is 579 g/mol. The Morgan fingerprint density at radius 2 is 1.74 bits per heavy atom. The molecule has 1 aliphatic carbocycles. The maximum absolute atomic E-state index is 14.3. The summed E-state index contributed by atoms with van der Waals surface area (Å²) in [4.78, 5) is 33.9. The Morgan fingerprint density at radius 1 is 1.12 bits per heavy atom. The van der Waals surface area contributed by atoms with Crippen LogP contribution in [-0.4, -0.2) is 40.5 Å². The van der Waals surface area contributed by atoms with Gasteiger partial charge in [-0.05, 0) is 79.7 Å². The third-order valence-electron chi connectivity index (χ3n) is 7.98. The number of halogens is 2. The molecule has 1 aliphatic heterocycles. The third-order valence-corrected chi connectivity index (χ3v) is 7.98. The number of nitrogens with two attached hydrogens (primary N) is 1. The number of amides is 2. The third kappa shape index (κ3) is 6.88. The van der Waals surface area contributed by atoms with E-state index >= 15 is 0 Å². The highest BCUT2D eigenvalue weighted by Crippen LogP contribution is 2.48.